The van der Waals surface area contributed by atoms with Crippen molar-refractivity contribution in [2.24, 2.45) is 5.92 Å². The molecule has 0 radical (unpaired) electrons. The Bertz CT molecular complexity index is 791. The van der Waals surface area contributed by atoms with Crippen molar-refractivity contribution in [1.29, 1.82) is 0 Å². The average Bonchev–Trinajstić information content (AvgIpc) is 2.69. The number of hydrogen-bond acceptors (Lipinski definition) is 3. The largest absolute Gasteiger partial charge is 0.345 e. The summed E-state index contributed by atoms with van der Waals surface area (Å²) in [7, 11) is 2.03. The van der Waals surface area contributed by atoms with Crippen LogP contribution in [0.15, 0.2) is 54.6 Å². The molecule has 0 unspecified atom stereocenters. The molecule has 0 aliphatic carbocycles. The van der Waals surface area contributed by atoms with Crippen molar-refractivity contribution in [3.8, 4) is 0 Å². The van der Waals surface area contributed by atoms with Crippen LogP contribution in [0.5, 0.6) is 0 Å². The molecule has 2 aromatic rings. The summed E-state index contributed by atoms with van der Waals surface area (Å²) in [6, 6.07) is 16.9. The minimum atomic E-state index is -0.192. The van der Waals surface area contributed by atoms with Gasteiger partial charge in [0.05, 0.1) is 23.2 Å². The molecule has 1 aliphatic heterocycles. The van der Waals surface area contributed by atoms with Crippen LogP contribution in [-0.4, -0.2) is 36.9 Å². The first-order valence-electron chi connectivity index (χ1n) is 9.49. The highest BCUT2D eigenvalue weighted by atomic mass is 16.2. The lowest BCUT2D eigenvalue weighted by Gasteiger charge is -2.29. The number of carbonyl (C=O) groups is 2. The van der Waals surface area contributed by atoms with Crippen molar-refractivity contribution < 1.29 is 9.59 Å². The van der Waals surface area contributed by atoms with Crippen LogP contribution in [0.25, 0.3) is 0 Å². The molecule has 0 aromatic heterocycles. The van der Waals surface area contributed by atoms with Crippen molar-refractivity contribution in [3.05, 3.63) is 65.7 Å². The Morgan fingerprint density at radius 2 is 1.78 bits per heavy atom. The third-order valence-corrected chi connectivity index (χ3v) is 5.07. The normalized spacial score (nSPS) is 18.5. The highest BCUT2D eigenvalue weighted by Crippen LogP contribution is 2.21. The molecule has 2 N–H and O–H groups in total. The first kappa shape index (κ1) is 19.1. The number of rotatable bonds is 5. The lowest BCUT2D eigenvalue weighted by Crippen LogP contribution is -2.38. The zero-order chi connectivity index (χ0) is 19.2. The van der Waals surface area contributed by atoms with E-state index in [1.807, 2.05) is 56.4 Å². The van der Waals surface area contributed by atoms with E-state index in [4.69, 9.17) is 0 Å². The molecule has 1 fully saturated rings. The van der Waals surface area contributed by atoms with Crippen LogP contribution in [0.3, 0.4) is 0 Å². The van der Waals surface area contributed by atoms with Crippen LogP contribution in [0.1, 0.15) is 41.7 Å². The zero-order valence-corrected chi connectivity index (χ0v) is 15.9. The second-order valence-electron chi connectivity index (χ2n) is 7.24. The quantitative estimate of drug-likeness (QED) is 0.853. The van der Waals surface area contributed by atoms with E-state index in [1.165, 1.54) is 0 Å². The summed E-state index contributed by atoms with van der Waals surface area (Å²) < 4.78 is 0. The maximum atomic E-state index is 12.8. The van der Waals surface area contributed by atoms with Crippen LogP contribution in [0, 0.1) is 5.92 Å². The van der Waals surface area contributed by atoms with Crippen LogP contribution in [-0.2, 0) is 4.79 Å². The third kappa shape index (κ3) is 4.95. The van der Waals surface area contributed by atoms with Gasteiger partial charge < -0.3 is 15.5 Å². The van der Waals surface area contributed by atoms with E-state index in [2.05, 4.69) is 15.5 Å². The van der Waals surface area contributed by atoms with Gasteiger partial charge in [-0.2, -0.15) is 0 Å². The maximum absolute atomic E-state index is 12.8. The van der Waals surface area contributed by atoms with Gasteiger partial charge in [-0.25, -0.2) is 0 Å². The predicted octanol–water partition coefficient (Wildman–Crippen LogP) is 3.46. The lowest BCUT2D eigenvalue weighted by atomic mass is 9.97. The highest BCUT2D eigenvalue weighted by molar-refractivity contribution is 6.04. The van der Waals surface area contributed by atoms with Gasteiger partial charge >= 0.3 is 0 Å². The zero-order valence-electron chi connectivity index (χ0n) is 15.9. The Balaban J connectivity index is 1.69. The molecule has 1 heterocycles. The fourth-order valence-corrected chi connectivity index (χ4v) is 3.50. The minimum absolute atomic E-state index is 0.0158. The van der Waals surface area contributed by atoms with Crippen molar-refractivity contribution in [2.45, 2.75) is 25.8 Å². The van der Waals surface area contributed by atoms with Crippen molar-refractivity contribution in [1.82, 2.24) is 10.2 Å². The fraction of sp³-hybridized carbons (Fsp3) is 0.364. The summed E-state index contributed by atoms with van der Waals surface area (Å²) in [6.45, 7) is 3.73. The number of benzene rings is 2. The van der Waals surface area contributed by atoms with Gasteiger partial charge in [-0.05, 0) is 51.1 Å². The second kappa shape index (κ2) is 8.82. The molecule has 2 aromatic carbocycles. The first-order valence-corrected chi connectivity index (χ1v) is 9.49. The van der Waals surface area contributed by atoms with E-state index in [1.54, 1.807) is 12.1 Å². The predicted molar refractivity (Wildman–Crippen MR) is 108 cm³/mol. The fourth-order valence-electron chi connectivity index (χ4n) is 3.50. The number of anilines is 1. The molecule has 5 nitrogen and oxygen atoms in total. The molecule has 1 saturated heterocycles. The van der Waals surface area contributed by atoms with Gasteiger partial charge in [-0.3, -0.25) is 9.59 Å². The smallest absolute Gasteiger partial charge is 0.253 e. The summed E-state index contributed by atoms with van der Waals surface area (Å²) in [5.41, 5.74) is 2.09. The molecule has 3 rings (SSSR count). The summed E-state index contributed by atoms with van der Waals surface area (Å²) in [6.07, 6.45) is 1.90. The Labute approximate surface area is 160 Å². The topological polar surface area (TPSA) is 61.4 Å². The summed E-state index contributed by atoms with van der Waals surface area (Å²) in [5.74, 6) is -0.246. The van der Waals surface area contributed by atoms with Crippen LogP contribution < -0.4 is 10.6 Å². The van der Waals surface area contributed by atoms with Crippen LogP contribution in [0.2, 0.25) is 0 Å². The standard InChI is InChI=1S/C22H27N3O2/c1-16(17-9-4-3-5-10-17)23-22(27)19-12-6-7-13-20(19)24-21(26)18-11-8-14-25(2)15-18/h3-7,9-10,12-13,16,18H,8,11,14-15H2,1-2H3,(H,23,27)(H,24,26)/t16-,18-/m0/s1. The molecule has 2 amide bonds. The van der Waals surface area contributed by atoms with E-state index < -0.39 is 0 Å². The van der Waals surface area contributed by atoms with Gasteiger partial charge in [-0.15, -0.1) is 0 Å². The number of nitrogens with zero attached hydrogens (tertiary/aromatic N) is 1. The number of likely N-dealkylation sites (tertiary alicyclic amines) is 1. The Hall–Kier alpha value is -2.66. The molecular formula is C22H27N3O2. The first-order chi connectivity index (χ1) is 13.0. The molecular weight excluding hydrogens is 338 g/mol. The average molecular weight is 365 g/mol. The van der Waals surface area contributed by atoms with Gasteiger partial charge in [0.2, 0.25) is 5.91 Å². The van der Waals surface area contributed by atoms with Gasteiger partial charge in [0.1, 0.15) is 0 Å². The number of carbonyl (C=O) groups excluding carboxylic acids is 2. The van der Waals surface area contributed by atoms with Gasteiger partial charge in [0.15, 0.2) is 0 Å². The maximum Gasteiger partial charge on any atom is 0.253 e. The number of nitrogens with one attached hydrogen (secondary N) is 2. The second-order valence-corrected chi connectivity index (χ2v) is 7.24. The molecule has 142 valence electrons. The molecule has 0 bridgehead atoms. The van der Waals surface area contributed by atoms with E-state index in [0.29, 0.717) is 11.3 Å². The van der Waals surface area contributed by atoms with Crippen molar-refractivity contribution >= 4 is 17.5 Å². The summed E-state index contributed by atoms with van der Waals surface area (Å²) in [5, 5.41) is 5.98. The lowest BCUT2D eigenvalue weighted by molar-refractivity contribution is -0.121. The van der Waals surface area contributed by atoms with Gasteiger partial charge in [0.25, 0.3) is 5.91 Å². The third-order valence-electron chi connectivity index (χ3n) is 5.07. The molecule has 2 atom stereocenters. The molecule has 27 heavy (non-hydrogen) atoms. The SMILES string of the molecule is C[C@H](NC(=O)c1ccccc1NC(=O)[C@H]1CCCN(C)C1)c1ccccc1. The molecule has 5 heteroatoms. The van der Waals surface area contributed by atoms with E-state index in [0.717, 1.165) is 31.5 Å². The van der Waals surface area contributed by atoms with Gasteiger partial charge in [0, 0.05) is 6.54 Å². The van der Waals surface area contributed by atoms with Crippen LogP contribution in [0.4, 0.5) is 5.69 Å². The van der Waals surface area contributed by atoms with E-state index in [9.17, 15) is 9.59 Å². The van der Waals surface area contributed by atoms with Crippen molar-refractivity contribution in [2.75, 3.05) is 25.5 Å². The monoisotopic (exact) mass is 365 g/mol. The highest BCUT2D eigenvalue weighted by Gasteiger charge is 2.25. The number of piperidine rings is 1. The molecule has 0 saturated carbocycles. The van der Waals surface area contributed by atoms with E-state index >= 15 is 0 Å². The number of para-hydroxylation sites is 1. The Morgan fingerprint density at radius 3 is 2.52 bits per heavy atom. The Morgan fingerprint density at radius 1 is 1.07 bits per heavy atom. The van der Waals surface area contributed by atoms with E-state index in [-0.39, 0.29) is 23.8 Å². The summed E-state index contributed by atoms with van der Waals surface area (Å²) >= 11 is 0. The molecule has 1 aliphatic rings. The minimum Gasteiger partial charge on any atom is -0.345 e. The van der Waals surface area contributed by atoms with Crippen LogP contribution >= 0.6 is 0 Å². The summed E-state index contributed by atoms with van der Waals surface area (Å²) in [4.78, 5) is 27.6. The van der Waals surface area contributed by atoms with Crippen molar-refractivity contribution in [3.63, 3.8) is 0 Å². The van der Waals surface area contributed by atoms with Gasteiger partial charge in [-0.1, -0.05) is 42.5 Å². The molecule has 0 spiro atoms. The Kier molecular flexibility index (Phi) is 6.24. The number of amides is 2. The number of hydrogen-bond donors (Lipinski definition) is 2.